The second-order valence-electron chi connectivity index (χ2n) is 7.74. The van der Waals surface area contributed by atoms with Crippen LogP contribution in [0.5, 0.6) is 0 Å². The summed E-state index contributed by atoms with van der Waals surface area (Å²) in [5, 5.41) is 18.9. The van der Waals surface area contributed by atoms with E-state index in [0.717, 1.165) is 26.4 Å². The zero-order chi connectivity index (χ0) is 25.2. The SMILES string of the molecule is O=C(O)C(Cc1nnc(Cc2nc3ccc(-c4ccccc4)cc3s2)o1)N(N1CCOC1=O)S(=O)[O-]. The summed E-state index contributed by atoms with van der Waals surface area (Å²) in [4.78, 5) is 28.3. The average Bonchev–Trinajstić information content (AvgIpc) is 3.59. The van der Waals surface area contributed by atoms with Crippen LogP contribution in [-0.2, 0) is 33.6 Å². The lowest BCUT2D eigenvalue weighted by molar-refractivity contribution is -0.144. The van der Waals surface area contributed by atoms with E-state index >= 15 is 0 Å². The highest BCUT2D eigenvalue weighted by Crippen LogP contribution is 2.29. The van der Waals surface area contributed by atoms with Gasteiger partial charge in [-0.05, 0) is 23.3 Å². The fraction of sp³-hybridized carbons (Fsp3) is 0.227. The summed E-state index contributed by atoms with van der Waals surface area (Å²) in [6.45, 7) is -0.159. The van der Waals surface area contributed by atoms with Crippen LogP contribution in [0.15, 0.2) is 52.9 Å². The number of hydrazine groups is 1. The van der Waals surface area contributed by atoms with Gasteiger partial charge in [0.05, 0.1) is 29.6 Å². The van der Waals surface area contributed by atoms with Crippen LogP contribution in [0.1, 0.15) is 16.8 Å². The number of cyclic esters (lactones) is 1. The van der Waals surface area contributed by atoms with E-state index < -0.39 is 35.8 Å². The predicted octanol–water partition coefficient (Wildman–Crippen LogP) is 2.40. The summed E-state index contributed by atoms with van der Waals surface area (Å²) >= 11 is -1.58. The number of benzene rings is 2. The number of ether oxygens (including phenoxy) is 1. The highest BCUT2D eigenvalue weighted by atomic mass is 32.2. The molecule has 1 amide bonds. The van der Waals surface area contributed by atoms with Crippen molar-refractivity contribution in [3.05, 3.63) is 65.3 Å². The Bertz CT molecular complexity index is 1440. The van der Waals surface area contributed by atoms with Crippen LogP contribution in [0, 0.1) is 0 Å². The van der Waals surface area contributed by atoms with E-state index in [0.29, 0.717) is 9.42 Å². The van der Waals surface area contributed by atoms with Crippen LogP contribution < -0.4 is 0 Å². The molecule has 3 heterocycles. The molecule has 0 saturated carbocycles. The van der Waals surface area contributed by atoms with Gasteiger partial charge in [0, 0.05) is 11.3 Å². The molecule has 4 aromatic rings. The highest BCUT2D eigenvalue weighted by Gasteiger charge is 2.38. The molecule has 1 aliphatic rings. The minimum atomic E-state index is -3.06. The maximum Gasteiger partial charge on any atom is 0.425 e. The van der Waals surface area contributed by atoms with Crippen LogP contribution >= 0.6 is 11.3 Å². The number of nitrogens with zero attached hydrogens (tertiary/aromatic N) is 5. The van der Waals surface area contributed by atoms with Crippen molar-refractivity contribution in [1.29, 1.82) is 0 Å². The van der Waals surface area contributed by atoms with Crippen LogP contribution in [0.3, 0.4) is 0 Å². The van der Waals surface area contributed by atoms with Gasteiger partial charge in [-0.1, -0.05) is 36.4 Å². The van der Waals surface area contributed by atoms with Crippen molar-refractivity contribution in [3.8, 4) is 11.1 Å². The molecule has 0 aliphatic carbocycles. The number of hydrogen-bond acceptors (Lipinski definition) is 10. The Morgan fingerprint density at radius 2 is 1.97 bits per heavy atom. The van der Waals surface area contributed by atoms with Gasteiger partial charge < -0.3 is 18.8 Å². The number of rotatable bonds is 9. The van der Waals surface area contributed by atoms with Crippen molar-refractivity contribution in [2.75, 3.05) is 13.2 Å². The Kier molecular flexibility index (Phi) is 6.73. The lowest BCUT2D eigenvalue weighted by Gasteiger charge is -2.34. The lowest BCUT2D eigenvalue weighted by Crippen LogP contribution is -2.54. The topological polar surface area (TPSA) is 162 Å². The van der Waals surface area contributed by atoms with Gasteiger partial charge in [0.15, 0.2) is 0 Å². The van der Waals surface area contributed by atoms with E-state index in [4.69, 9.17) is 9.15 Å². The Balaban J connectivity index is 1.32. The number of carboxylic acids is 1. The molecular weight excluding hydrogens is 510 g/mol. The van der Waals surface area contributed by atoms with Gasteiger partial charge in [-0.2, -0.15) is 0 Å². The standard InChI is InChI=1S/C22H19N5O7S2/c28-21(29)16(27(36(31)32)26-8-9-33-22(26)30)11-18-24-25-19(34-18)12-20-23-15-7-6-14(10-17(15)35-20)13-4-2-1-3-5-13/h1-7,10,16H,8-9,11-12H2,(H,28,29)(H,31,32)/p-1. The number of fused-ring (bicyclic) bond motifs is 1. The summed E-state index contributed by atoms with van der Waals surface area (Å²) in [5.74, 6) is -1.38. The number of carbonyl (C=O) groups is 2. The first-order valence-electron chi connectivity index (χ1n) is 10.7. The van der Waals surface area contributed by atoms with Gasteiger partial charge in [-0.25, -0.2) is 14.8 Å². The molecule has 2 aromatic carbocycles. The van der Waals surface area contributed by atoms with Crippen LogP contribution in [0.2, 0.25) is 0 Å². The number of carboxylic acid groups (broad SMARTS) is 1. The molecule has 2 unspecified atom stereocenters. The van der Waals surface area contributed by atoms with Crippen LogP contribution in [-0.4, -0.2) is 69.7 Å². The number of carbonyl (C=O) groups excluding carboxylic acids is 1. The van der Waals surface area contributed by atoms with Gasteiger partial charge in [-0.3, -0.25) is 9.00 Å². The molecular formula is C22H18N5O7S2-. The number of thiazole rings is 1. The Morgan fingerprint density at radius 1 is 1.19 bits per heavy atom. The first-order chi connectivity index (χ1) is 17.4. The smallest absolute Gasteiger partial charge is 0.425 e. The molecule has 36 heavy (non-hydrogen) atoms. The minimum Gasteiger partial charge on any atom is -0.758 e. The monoisotopic (exact) mass is 528 g/mol. The minimum absolute atomic E-state index is 0.0570. The zero-order valence-electron chi connectivity index (χ0n) is 18.5. The van der Waals surface area contributed by atoms with Crippen molar-refractivity contribution in [3.63, 3.8) is 0 Å². The molecule has 1 N–H and O–H groups in total. The van der Waals surface area contributed by atoms with Crippen LogP contribution in [0.4, 0.5) is 4.79 Å². The summed E-state index contributed by atoms with van der Waals surface area (Å²) < 4.78 is 35.2. The molecule has 2 atom stereocenters. The number of amides is 1. The third kappa shape index (κ3) is 4.97. The van der Waals surface area contributed by atoms with E-state index in [1.165, 1.54) is 11.3 Å². The lowest BCUT2D eigenvalue weighted by atomic mass is 10.1. The molecule has 1 aliphatic heterocycles. The molecule has 12 nitrogen and oxygen atoms in total. The fourth-order valence-corrected chi connectivity index (χ4v) is 5.45. The van der Waals surface area contributed by atoms with E-state index in [1.54, 1.807) is 0 Å². The first kappa shape index (κ1) is 24.0. The molecule has 1 saturated heterocycles. The third-order valence-corrected chi connectivity index (χ3v) is 7.18. The highest BCUT2D eigenvalue weighted by molar-refractivity contribution is 7.76. The average molecular weight is 529 g/mol. The van der Waals surface area contributed by atoms with Crippen molar-refractivity contribution in [2.45, 2.75) is 18.9 Å². The van der Waals surface area contributed by atoms with Gasteiger partial charge in [0.1, 0.15) is 17.7 Å². The molecule has 186 valence electrons. The molecule has 1 fully saturated rings. The molecule has 0 spiro atoms. The second kappa shape index (κ2) is 10.1. The quantitative estimate of drug-likeness (QED) is 0.319. The van der Waals surface area contributed by atoms with Gasteiger partial charge in [0.25, 0.3) is 0 Å². The maximum atomic E-state index is 11.8. The summed E-state index contributed by atoms with van der Waals surface area (Å²) in [6.07, 6.45) is -1.18. The largest absolute Gasteiger partial charge is 0.758 e. The normalized spacial score (nSPS) is 15.4. The Hall–Kier alpha value is -3.72. The van der Waals surface area contributed by atoms with Gasteiger partial charge >= 0.3 is 12.1 Å². The second-order valence-corrected chi connectivity index (χ2v) is 9.66. The maximum absolute atomic E-state index is 11.8. The Morgan fingerprint density at radius 3 is 2.67 bits per heavy atom. The fourth-order valence-electron chi connectivity index (χ4n) is 3.77. The number of hydrogen-bond donors (Lipinski definition) is 1. The van der Waals surface area contributed by atoms with Crippen molar-refractivity contribution in [2.24, 2.45) is 0 Å². The summed E-state index contributed by atoms with van der Waals surface area (Å²) in [7, 11) is 0. The predicted molar refractivity (Wildman–Crippen MR) is 126 cm³/mol. The van der Waals surface area contributed by atoms with E-state index in [1.807, 2.05) is 42.5 Å². The van der Waals surface area contributed by atoms with Gasteiger partial charge in [-0.15, -0.1) is 25.9 Å². The first-order valence-corrected chi connectivity index (χ1v) is 12.6. The summed E-state index contributed by atoms with van der Waals surface area (Å²) in [5.41, 5.74) is 2.99. The molecule has 0 radical (unpaired) electrons. The van der Waals surface area contributed by atoms with E-state index in [-0.39, 0.29) is 31.4 Å². The van der Waals surface area contributed by atoms with Crippen molar-refractivity contribution < 1.29 is 32.6 Å². The number of aromatic nitrogens is 3. The summed E-state index contributed by atoms with van der Waals surface area (Å²) in [6, 6.07) is 14.3. The third-order valence-electron chi connectivity index (χ3n) is 5.40. The zero-order valence-corrected chi connectivity index (χ0v) is 20.1. The molecule has 14 heteroatoms. The van der Waals surface area contributed by atoms with Crippen molar-refractivity contribution in [1.82, 2.24) is 24.6 Å². The van der Waals surface area contributed by atoms with Crippen LogP contribution in [0.25, 0.3) is 21.3 Å². The molecule has 2 aromatic heterocycles. The van der Waals surface area contributed by atoms with E-state index in [9.17, 15) is 23.5 Å². The number of aliphatic carboxylic acids is 1. The van der Waals surface area contributed by atoms with E-state index in [2.05, 4.69) is 21.2 Å². The van der Waals surface area contributed by atoms with Gasteiger partial charge in [0.2, 0.25) is 11.8 Å². The molecule has 5 rings (SSSR count). The molecule has 0 bridgehead atoms. The Labute approximate surface area is 210 Å². The van der Waals surface area contributed by atoms with Crippen molar-refractivity contribution >= 4 is 44.9 Å².